The first-order valence-electron chi connectivity index (χ1n) is 7.47. The minimum absolute atomic E-state index is 0.240. The zero-order chi connectivity index (χ0) is 16.7. The summed E-state index contributed by atoms with van der Waals surface area (Å²) < 4.78 is 37.5. The van der Waals surface area contributed by atoms with Gasteiger partial charge in [-0.15, -0.1) is 0 Å². The largest absolute Gasteiger partial charge is 0.266 e. The maximum atomic E-state index is 13.7. The molecule has 0 bridgehead atoms. The average molecular weight is 317 g/mol. The summed E-state index contributed by atoms with van der Waals surface area (Å²) in [5.41, 5.74) is 3.09. The van der Waals surface area contributed by atoms with Gasteiger partial charge in [-0.2, -0.15) is 8.78 Å². The molecule has 0 aliphatic heterocycles. The minimum atomic E-state index is -1.61. The van der Waals surface area contributed by atoms with Gasteiger partial charge in [-0.3, -0.25) is 4.99 Å². The zero-order valence-electron chi connectivity index (χ0n) is 12.7. The lowest BCUT2D eigenvalue weighted by molar-refractivity contribution is 0.416. The van der Waals surface area contributed by atoms with Gasteiger partial charge in [-0.1, -0.05) is 30.3 Å². The third-order valence-corrected chi connectivity index (χ3v) is 3.62. The molecule has 2 aromatic rings. The molecule has 0 fully saturated rings. The van der Waals surface area contributed by atoms with E-state index in [4.69, 9.17) is 0 Å². The molecule has 0 saturated carbocycles. The molecule has 0 aromatic heterocycles. The van der Waals surface area contributed by atoms with Gasteiger partial charge in [0, 0.05) is 0 Å². The van der Waals surface area contributed by atoms with Gasteiger partial charge in [0.1, 0.15) is 5.82 Å². The van der Waals surface area contributed by atoms with E-state index in [1.165, 1.54) is 6.07 Å². The van der Waals surface area contributed by atoms with Crippen LogP contribution >= 0.6 is 0 Å². The van der Waals surface area contributed by atoms with Crippen molar-refractivity contribution in [3.8, 4) is 11.1 Å². The summed E-state index contributed by atoms with van der Waals surface area (Å²) in [5.74, 6) is -0.394. The van der Waals surface area contributed by atoms with Crippen LogP contribution in [-0.4, -0.2) is 6.72 Å². The fraction of sp³-hybridized carbons (Fsp3) is 0.211. The van der Waals surface area contributed by atoms with Crippen molar-refractivity contribution in [2.45, 2.75) is 25.7 Å². The molecule has 0 atom stereocenters. The van der Waals surface area contributed by atoms with Crippen molar-refractivity contribution in [3.05, 3.63) is 66.0 Å². The van der Waals surface area contributed by atoms with Gasteiger partial charge < -0.3 is 0 Å². The number of unbranched alkanes of at least 4 members (excludes halogenated alkanes) is 2. The van der Waals surface area contributed by atoms with E-state index in [1.54, 1.807) is 12.1 Å². The molecule has 0 radical (unpaired) electrons. The Morgan fingerprint density at radius 3 is 2.30 bits per heavy atom. The lowest BCUT2D eigenvalue weighted by Gasteiger charge is -2.06. The molecule has 0 amide bonds. The summed E-state index contributed by atoms with van der Waals surface area (Å²) in [7, 11) is 0. The van der Waals surface area contributed by atoms with Gasteiger partial charge in [0.15, 0.2) is 0 Å². The zero-order valence-corrected chi connectivity index (χ0v) is 12.7. The van der Waals surface area contributed by atoms with Crippen LogP contribution < -0.4 is 0 Å². The second-order valence-corrected chi connectivity index (χ2v) is 5.26. The van der Waals surface area contributed by atoms with Crippen molar-refractivity contribution in [3.63, 3.8) is 0 Å². The number of aliphatic imine (C=N–C) groups is 1. The Labute approximate surface area is 134 Å². The lowest BCUT2D eigenvalue weighted by atomic mass is 10.0. The monoisotopic (exact) mass is 317 g/mol. The highest BCUT2D eigenvalue weighted by Gasteiger charge is 2.04. The SMILES string of the molecule is C=Nc1ccc(-c2ccc(CCCCC=C(F)F)cc2)cc1F. The highest BCUT2D eigenvalue weighted by atomic mass is 19.3. The summed E-state index contributed by atoms with van der Waals surface area (Å²) in [6.45, 7) is 3.32. The number of hydrogen-bond donors (Lipinski definition) is 0. The summed E-state index contributed by atoms with van der Waals surface area (Å²) in [4.78, 5) is 3.60. The summed E-state index contributed by atoms with van der Waals surface area (Å²) in [6.07, 6.45) is 2.19. The molecule has 0 unspecified atom stereocenters. The van der Waals surface area contributed by atoms with Gasteiger partial charge in [0.25, 0.3) is 6.08 Å². The summed E-state index contributed by atoms with van der Waals surface area (Å²) in [5, 5.41) is 0. The normalized spacial score (nSPS) is 10.4. The Morgan fingerprint density at radius 1 is 1.00 bits per heavy atom. The van der Waals surface area contributed by atoms with Crippen molar-refractivity contribution in [1.82, 2.24) is 0 Å². The standard InChI is InChI=1S/C19H18F3N/c1-23-18-12-11-16(13-17(18)20)15-9-7-14(8-10-15)5-3-2-4-6-19(21)22/h6-13H,1-5H2. The first-order chi connectivity index (χ1) is 11.1. The average Bonchev–Trinajstić information content (AvgIpc) is 2.55. The minimum Gasteiger partial charge on any atom is -0.262 e. The molecule has 4 heteroatoms. The van der Waals surface area contributed by atoms with Gasteiger partial charge in [0.2, 0.25) is 0 Å². The van der Waals surface area contributed by atoms with E-state index in [0.717, 1.165) is 42.0 Å². The van der Waals surface area contributed by atoms with Crippen LogP contribution in [0.1, 0.15) is 24.8 Å². The third kappa shape index (κ3) is 5.09. The van der Waals surface area contributed by atoms with Gasteiger partial charge in [-0.25, -0.2) is 4.39 Å². The van der Waals surface area contributed by atoms with Gasteiger partial charge in [0.05, 0.1) is 5.69 Å². The molecule has 2 aromatic carbocycles. The van der Waals surface area contributed by atoms with Crippen LogP contribution in [0.5, 0.6) is 0 Å². The van der Waals surface area contributed by atoms with Crippen LogP contribution in [0.25, 0.3) is 11.1 Å². The molecule has 120 valence electrons. The van der Waals surface area contributed by atoms with Crippen molar-refractivity contribution in [1.29, 1.82) is 0 Å². The molecular weight excluding hydrogens is 299 g/mol. The van der Waals surface area contributed by atoms with E-state index in [-0.39, 0.29) is 5.69 Å². The molecule has 0 aliphatic carbocycles. The van der Waals surface area contributed by atoms with E-state index in [9.17, 15) is 13.2 Å². The molecule has 0 N–H and O–H groups in total. The fourth-order valence-electron chi connectivity index (χ4n) is 2.36. The number of rotatable bonds is 7. The second-order valence-electron chi connectivity index (χ2n) is 5.26. The maximum Gasteiger partial charge on any atom is 0.266 e. The van der Waals surface area contributed by atoms with Crippen LogP contribution in [0.2, 0.25) is 0 Å². The van der Waals surface area contributed by atoms with Gasteiger partial charge in [-0.05, 0) is 67.3 Å². The van der Waals surface area contributed by atoms with Crippen molar-refractivity contribution in [2.24, 2.45) is 4.99 Å². The van der Waals surface area contributed by atoms with E-state index in [0.29, 0.717) is 6.42 Å². The molecule has 1 nitrogen and oxygen atoms in total. The molecule has 0 aliphatic rings. The Hall–Kier alpha value is -2.36. The first kappa shape index (κ1) is 17.0. The van der Waals surface area contributed by atoms with E-state index >= 15 is 0 Å². The van der Waals surface area contributed by atoms with Crippen LogP contribution in [0.3, 0.4) is 0 Å². The summed E-state index contributed by atoms with van der Waals surface area (Å²) >= 11 is 0. The summed E-state index contributed by atoms with van der Waals surface area (Å²) in [6, 6.07) is 12.7. The van der Waals surface area contributed by atoms with Crippen LogP contribution in [0, 0.1) is 5.82 Å². The van der Waals surface area contributed by atoms with Crippen molar-refractivity contribution < 1.29 is 13.2 Å². The Bertz CT molecular complexity index is 686. The number of halogens is 3. The smallest absolute Gasteiger partial charge is 0.262 e. The van der Waals surface area contributed by atoms with Crippen molar-refractivity contribution >= 4 is 12.4 Å². The number of allylic oxidation sites excluding steroid dienone is 1. The Kier molecular flexibility index (Phi) is 6.15. The number of aryl methyl sites for hydroxylation is 1. The molecule has 0 heterocycles. The molecular formula is C19H18F3N. The second kappa shape index (κ2) is 8.32. The highest BCUT2D eigenvalue weighted by molar-refractivity contribution is 5.66. The highest BCUT2D eigenvalue weighted by Crippen LogP contribution is 2.26. The molecule has 0 spiro atoms. The van der Waals surface area contributed by atoms with Crippen LogP contribution in [0.4, 0.5) is 18.9 Å². The van der Waals surface area contributed by atoms with Crippen LogP contribution in [-0.2, 0) is 6.42 Å². The van der Waals surface area contributed by atoms with Crippen LogP contribution in [0.15, 0.2) is 59.6 Å². The Balaban J connectivity index is 1.95. The molecule has 23 heavy (non-hydrogen) atoms. The number of hydrogen-bond acceptors (Lipinski definition) is 1. The number of nitrogens with zero attached hydrogens (tertiary/aromatic N) is 1. The Morgan fingerprint density at radius 2 is 1.70 bits per heavy atom. The van der Waals surface area contributed by atoms with E-state index in [1.807, 2.05) is 24.3 Å². The predicted octanol–water partition coefficient (Wildman–Crippen LogP) is 6.32. The maximum absolute atomic E-state index is 13.7. The van der Waals surface area contributed by atoms with Crippen molar-refractivity contribution in [2.75, 3.05) is 0 Å². The quantitative estimate of drug-likeness (QED) is 0.418. The lowest BCUT2D eigenvalue weighted by Crippen LogP contribution is -1.87. The number of benzene rings is 2. The molecule has 2 rings (SSSR count). The van der Waals surface area contributed by atoms with E-state index < -0.39 is 11.9 Å². The predicted molar refractivity (Wildman–Crippen MR) is 88.9 cm³/mol. The first-order valence-corrected chi connectivity index (χ1v) is 7.47. The van der Waals surface area contributed by atoms with E-state index in [2.05, 4.69) is 11.7 Å². The molecule has 0 saturated heterocycles. The fourth-order valence-corrected chi connectivity index (χ4v) is 2.36. The van der Waals surface area contributed by atoms with Gasteiger partial charge >= 0.3 is 0 Å². The topological polar surface area (TPSA) is 12.4 Å². The third-order valence-electron chi connectivity index (χ3n) is 3.62.